The lowest BCUT2D eigenvalue weighted by Crippen LogP contribution is -2.05. The number of fused-ring (bicyclic) bond motifs is 1. The molecule has 4 aromatic rings. The van der Waals surface area contributed by atoms with Gasteiger partial charge in [0.2, 0.25) is 0 Å². The number of pyridine rings is 1. The molecule has 0 radical (unpaired) electrons. The van der Waals surface area contributed by atoms with E-state index in [1.807, 2.05) is 61.5 Å². The maximum Gasteiger partial charge on any atom is 0.159 e. The summed E-state index contributed by atoms with van der Waals surface area (Å²) in [6.45, 7) is 2.05. The number of aryl methyl sites for hydroxylation is 1. The topological polar surface area (TPSA) is 88.8 Å². The van der Waals surface area contributed by atoms with Crippen molar-refractivity contribution in [2.75, 3.05) is 16.4 Å². The van der Waals surface area contributed by atoms with E-state index in [0.717, 1.165) is 22.3 Å². The minimum atomic E-state index is 0.453. The molecule has 0 saturated heterocycles. The predicted octanol–water partition coefficient (Wildman–Crippen LogP) is 4.40. The number of nitrogens with two attached hydrogens (primary N) is 1. The Labute approximate surface area is 151 Å². The van der Waals surface area contributed by atoms with E-state index in [-0.39, 0.29) is 0 Å². The summed E-state index contributed by atoms with van der Waals surface area (Å²) in [5, 5.41) is 7.53. The zero-order valence-electron chi connectivity index (χ0n) is 14.3. The molecule has 2 aromatic carbocycles. The van der Waals surface area contributed by atoms with E-state index in [4.69, 9.17) is 5.73 Å². The van der Waals surface area contributed by atoms with Gasteiger partial charge in [0, 0.05) is 23.0 Å². The van der Waals surface area contributed by atoms with Gasteiger partial charge in [0.1, 0.15) is 12.0 Å². The van der Waals surface area contributed by atoms with Crippen LogP contribution in [0.25, 0.3) is 10.9 Å². The molecule has 0 fully saturated rings. The summed E-state index contributed by atoms with van der Waals surface area (Å²) in [7, 11) is 0. The zero-order valence-corrected chi connectivity index (χ0v) is 14.3. The summed E-state index contributed by atoms with van der Waals surface area (Å²) in [5.41, 5.74) is 10.6. The Morgan fingerprint density at radius 2 is 1.58 bits per heavy atom. The Hall–Kier alpha value is -3.67. The largest absolute Gasteiger partial charge is 0.393 e. The Kier molecular flexibility index (Phi) is 4.07. The Bertz CT molecular complexity index is 1050. The molecular weight excluding hydrogens is 324 g/mol. The van der Waals surface area contributed by atoms with E-state index in [9.17, 15) is 0 Å². The minimum absolute atomic E-state index is 0.453. The number of hydrogen-bond donors (Lipinski definition) is 3. The standard InChI is InChI=1S/C20H18N6/c1-13-7-9-14(10-8-13)25-19-18(21)20(24-12-23-19)26-17-6-2-5-16-15(17)4-3-11-22-16/h2-12H,21H2,1H3,(H2,23,24,25,26). The summed E-state index contributed by atoms with van der Waals surface area (Å²) in [5.74, 6) is 1.11. The third-order valence-corrected chi connectivity index (χ3v) is 4.10. The normalized spacial score (nSPS) is 10.7. The van der Waals surface area contributed by atoms with Crippen molar-refractivity contribution >= 4 is 39.6 Å². The second-order valence-electron chi connectivity index (χ2n) is 5.98. The van der Waals surface area contributed by atoms with E-state index in [0.29, 0.717) is 17.3 Å². The molecule has 0 aliphatic rings. The number of nitrogen functional groups attached to an aromatic ring is 1. The van der Waals surface area contributed by atoms with Crippen molar-refractivity contribution in [3.8, 4) is 0 Å². The summed E-state index contributed by atoms with van der Waals surface area (Å²) in [4.78, 5) is 12.9. The molecule has 2 heterocycles. The third kappa shape index (κ3) is 3.12. The van der Waals surface area contributed by atoms with Crippen LogP contribution >= 0.6 is 0 Å². The van der Waals surface area contributed by atoms with Crippen molar-refractivity contribution in [3.05, 3.63) is 72.7 Å². The summed E-state index contributed by atoms with van der Waals surface area (Å²) >= 11 is 0. The fraction of sp³-hybridized carbons (Fsp3) is 0.0500. The van der Waals surface area contributed by atoms with Gasteiger partial charge in [-0.3, -0.25) is 4.98 Å². The van der Waals surface area contributed by atoms with Gasteiger partial charge < -0.3 is 16.4 Å². The van der Waals surface area contributed by atoms with E-state index in [1.165, 1.54) is 11.9 Å². The minimum Gasteiger partial charge on any atom is -0.393 e. The van der Waals surface area contributed by atoms with Crippen LogP contribution in [-0.4, -0.2) is 15.0 Å². The molecule has 4 N–H and O–H groups in total. The first-order chi connectivity index (χ1) is 12.7. The maximum absolute atomic E-state index is 6.29. The molecule has 0 aliphatic heterocycles. The Morgan fingerprint density at radius 1 is 0.808 bits per heavy atom. The molecule has 0 bridgehead atoms. The van der Waals surface area contributed by atoms with Crippen LogP contribution in [0, 0.1) is 6.92 Å². The average Bonchev–Trinajstić information content (AvgIpc) is 2.67. The van der Waals surface area contributed by atoms with Crippen molar-refractivity contribution in [2.24, 2.45) is 0 Å². The molecule has 0 saturated carbocycles. The lowest BCUT2D eigenvalue weighted by Gasteiger charge is -2.13. The highest BCUT2D eigenvalue weighted by Gasteiger charge is 2.10. The van der Waals surface area contributed by atoms with E-state index < -0.39 is 0 Å². The van der Waals surface area contributed by atoms with Gasteiger partial charge in [-0.15, -0.1) is 0 Å². The number of benzene rings is 2. The van der Waals surface area contributed by atoms with Gasteiger partial charge in [0.15, 0.2) is 11.6 Å². The molecule has 0 aliphatic carbocycles. The highest BCUT2D eigenvalue weighted by Crippen LogP contribution is 2.30. The number of rotatable bonds is 4. The van der Waals surface area contributed by atoms with Crippen molar-refractivity contribution < 1.29 is 0 Å². The first-order valence-electron chi connectivity index (χ1n) is 8.25. The fourth-order valence-corrected chi connectivity index (χ4v) is 2.71. The number of aromatic nitrogens is 3. The predicted molar refractivity (Wildman–Crippen MR) is 106 cm³/mol. The summed E-state index contributed by atoms with van der Waals surface area (Å²) in [6, 6.07) is 17.8. The van der Waals surface area contributed by atoms with Crippen LogP contribution in [0.3, 0.4) is 0 Å². The second-order valence-corrected chi connectivity index (χ2v) is 5.98. The molecule has 6 heteroatoms. The highest BCUT2D eigenvalue weighted by molar-refractivity contribution is 5.94. The van der Waals surface area contributed by atoms with E-state index in [1.54, 1.807) is 6.20 Å². The number of hydrogen-bond acceptors (Lipinski definition) is 6. The van der Waals surface area contributed by atoms with Gasteiger partial charge in [-0.2, -0.15) is 0 Å². The van der Waals surface area contributed by atoms with Crippen LogP contribution in [0.5, 0.6) is 0 Å². The molecule has 0 atom stereocenters. The van der Waals surface area contributed by atoms with Crippen LogP contribution in [0.1, 0.15) is 5.56 Å². The molecular formula is C20H18N6. The SMILES string of the molecule is Cc1ccc(Nc2ncnc(Nc3cccc4ncccc34)c2N)cc1. The van der Waals surface area contributed by atoms with Crippen LogP contribution in [0.4, 0.5) is 28.7 Å². The summed E-state index contributed by atoms with van der Waals surface area (Å²) in [6.07, 6.45) is 3.26. The lowest BCUT2D eigenvalue weighted by atomic mass is 10.2. The van der Waals surface area contributed by atoms with Crippen molar-refractivity contribution in [3.63, 3.8) is 0 Å². The van der Waals surface area contributed by atoms with Gasteiger partial charge in [-0.25, -0.2) is 9.97 Å². The second kappa shape index (κ2) is 6.68. The Morgan fingerprint density at radius 3 is 2.38 bits per heavy atom. The van der Waals surface area contributed by atoms with Crippen molar-refractivity contribution in [1.29, 1.82) is 0 Å². The molecule has 2 aromatic heterocycles. The van der Waals surface area contributed by atoms with E-state index in [2.05, 4.69) is 25.6 Å². The van der Waals surface area contributed by atoms with Gasteiger partial charge in [0.05, 0.1) is 5.52 Å². The monoisotopic (exact) mass is 342 g/mol. The molecule has 6 nitrogen and oxygen atoms in total. The van der Waals surface area contributed by atoms with Gasteiger partial charge in [-0.1, -0.05) is 23.8 Å². The summed E-state index contributed by atoms with van der Waals surface area (Å²) < 4.78 is 0. The van der Waals surface area contributed by atoms with Gasteiger partial charge in [-0.05, 0) is 43.3 Å². The van der Waals surface area contributed by atoms with Crippen LogP contribution in [0.15, 0.2) is 67.1 Å². The van der Waals surface area contributed by atoms with Crippen LogP contribution in [-0.2, 0) is 0 Å². The average molecular weight is 342 g/mol. The van der Waals surface area contributed by atoms with E-state index >= 15 is 0 Å². The van der Waals surface area contributed by atoms with Crippen LogP contribution in [0.2, 0.25) is 0 Å². The van der Waals surface area contributed by atoms with Crippen LogP contribution < -0.4 is 16.4 Å². The quantitative estimate of drug-likeness (QED) is 0.509. The molecule has 4 rings (SSSR count). The lowest BCUT2D eigenvalue weighted by molar-refractivity contribution is 1.17. The number of nitrogens with zero attached hydrogens (tertiary/aromatic N) is 3. The zero-order chi connectivity index (χ0) is 17.9. The van der Waals surface area contributed by atoms with Crippen molar-refractivity contribution in [1.82, 2.24) is 15.0 Å². The van der Waals surface area contributed by atoms with Gasteiger partial charge >= 0.3 is 0 Å². The molecule has 0 unspecified atom stereocenters. The molecule has 26 heavy (non-hydrogen) atoms. The van der Waals surface area contributed by atoms with Gasteiger partial charge in [0.25, 0.3) is 0 Å². The third-order valence-electron chi connectivity index (χ3n) is 4.10. The smallest absolute Gasteiger partial charge is 0.159 e. The number of anilines is 5. The molecule has 0 amide bonds. The number of nitrogens with one attached hydrogen (secondary N) is 2. The fourth-order valence-electron chi connectivity index (χ4n) is 2.71. The molecule has 0 spiro atoms. The first-order valence-corrected chi connectivity index (χ1v) is 8.25. The first kappa shape index (κ1) is 15.8. The Balaban J connectivity index is 1.66. The van der Waals surface area contributed by atoms with Crippen molar-refractivity contribution in [2.45, 2.75) is 6.92 Å². The highest BCUT2D eigenvalue weighted by atomic mass is 15.1. The maximum atomic E-state index is 6.29. The molecule has 128 valence electrons.